The van der Waals surface area contributed by atoms with E-state index in [1.807, 2.05) is 0 Å². The van der Waals surface area contributed by atoms with Gasteiger partial charge in [0.25, 0.3) is 35.1 Å². The van der Waals surface area contributed by atoms with Crippen LogP contribution in [0.1, 0.15) is 76.5 Å². The fourth-order valence-corrected chi connectivity index (χ4v) is 8.02. The number of nitrogens with zero attached hydrogens (tertiary/aromatic N) is 6. The summed E-state index contributed by atoms with van der Waals surface area (Å²) in [4.78, 5) is 79.3. The fourth-order valence-electron chi connectivity index (χ4n) is 8.02. The Morgan fingerprint density at radius 1 is 0.640 bits per heavy atom. The van der Waals surface area contributed by atoms with Crippen LogP contribution in [0.25, 0.3) is 44.6 Å². The zero-order chi connectivity index (χ0) is 34.9. The van der Waals surface area contributed by atoms with E-state index in [0.29, 0.717) is 68.3 Å². The van der Waals surface area contributed by atoms with Crippen LogP contribution in [0.4, 0.5) is 11.5 Å². The first-order chi connectivity index (χ1) is 24.0. The van der Waals surface area contributed by atoms with Crippen LogP contribution in [0.3, 0.4) is 0 Å². The Labute approximate surface area is 276 Å². The SMILES string of the molecule is O=C1NC(=O)c2c1c1c(c3nc4n(O)c([N+](=O)[O-])ccc-4c23)CCC1.O=C1NC(=O)c2c1c1c(c3nc4n(O)ccc([N+](=O)[O-])c-4c23)CCC1. The summed E-state index contributed by atoms with van der Waals surface area (Å²) < 4.78 is 1.11. The zero-order valence-corrected chi connectivity index (χ0v) is 25.4. The second kappa shape index (κ2) is 9.78. The summed E-state index contributed by atoms with van der Waals surface area (Å²) in [6.45, 7) is 0. The number of rotatable bonds is 2. The molecule has 8 aliphatic rings. The fraction of sp³-hybridized carbons (Fsp3) is 0.188. The lowest BCUT2D eigenvalue weighted by atomic mass is 9.93. The molecule has 0 atom stereocenters. The van der Waals surface area contributed by atoms with Gasteiger partial charge in [-0.05, 0) is 76.5 Å². The van der Waals surface area contributed by atoms with Crippen molar-refractivity contribution in [3.05, 3.63) is 89.1 Å². The van der Waals surface area contributed by atoms with Crippen LogP contribution in [0, 0.1) is 20.2 Å². The Hall–Kier alpha value is -6.98. The van der Waals surface area contributed by atoms with Crippen molar-refractivity contribution in [3.8, 4) is 22.8 Å². The monoisotopic (exact) mass is 676 g/mol. The number of imide groups is 2. The lowest BCUT2D eigenvalue weighted by molar-refractivity contribution is -0.397. The van der Waals surface area contributed by atoms with E-state index < -0.39 is 39.3 Å². The summed E-state index contributed by atoms with van der Waals surface area (Å²) in [5.41, 5.74) is 5.50. The minimum Gasteiger partial charge on any atom is -0.427 e. The summed E-state index contributed by atoms with van der Waals surface area (Å²) in [7, 11) is 0. The number of hydrogen-bond donors (Lipinski definition) is 4. The number of hydrogen-bond acceptors (Lipinski definition) is 12. The van der Waals surface area contributed by atoms with Gasteiger partial charge in [-0.1, -0.05) is 0 Å². The van der Waals surface area contributed by atoms with Gasteiger partial charge in [0.1, 0.15) is 5.56 Å². The smallest absolute Gasteiger partial charge is 0.363 e. The van der Waals surface area contributed by atoms with Crippen molar-refractivity contribution in [1.29, 1.82) is 0 Å². The number of carbonyl (C=O) groups is 4. The number of pyridine rings is 2. The molecule has 50 heavy (non-hydrogen) atoms. The summed E-state index contributed by atoms with van der Waals surface area (Å²) in [5, 5.41) is 48.1. The third kappa shape index (κ3) is 3.60. The van der Waals surface area contributed by atoms with E-state index in [2.05, 4.69) is 20.6 Å². The van der Waals surface area contributed by atoms with Gasteiger partial charge in [-0.25, -0.2) is 9.97 Å². The summed E-state index contributed by atoms with van der Waals surface area (Å²) >= 11 is 0. The minimum absolute atomic E-state index is 0.00107. The second-order valence-corrected chi connectivity index (χ2v) is 12.4. The number of amides is 4. The van der Waals surface area contributed by atoms with Gasteiger partial charge in [-0.3, -0.25) is 39.9 Å². The largest absolute Gasteiger partial charge is 0.427 e. The average Bonchev–Trinajstić information content (AvgIpc) is 3.90. The van der Waals surface area contributed by atoms with Crippen LogP contribution >= 0.6 is 0 Å². The molecular weight excluding hydrogens is 656 g/mol. The molecule has 0 unspecified atom stereocenters. The summed E-state index contributed by atoms with van der Waals surface area (Å²) in [6.07, 6.45) is 5.49. The number of fused-ring (bicyclic) bond motifs is 16. The number of aromatic nitrogens is 4. The highest BCUT2D eigenvalue weighted by molar-refractivity contribution is 6.31. The van der Waals surface area contributed by atoms with E-state index in [4.69, 9.17) is 0 Å². The molecule has 0 saturated heterocycles. The highest BCUT2D eigenvalue weighted by Gasteiger charge is 2.41. The molecule has 0 aromatic heterocycles. The van der Waals surface area contributed by atoms with Gasteiger partial charge in [-0.15, -0.1) is 0 Å². The number of aryl methyl sites for hydroxylation is 2. The first-order valence-electron chi connectivity index (χ1n) is 15.4. The third-order valence-corrected chi connectivity index (χ3v) is 9.91. The minimum atomic E-state index is -0.718. The molecular formula is C32H20N8O10. The molecule has 248 valence electrons. The Kier molecular flexibility index (Phi) is 5.71. The van der Waals surface area contributed by atoms with E-state index in [1.54, 1.807) is 0 Å². The van der Waals surface area contributed by atoms with Gasteiger partial charge in [-0.2, -0.15) is 4.73 Å². The maximum atomic E-state index is 12.4. The maximum absolute atomic E-state index is 12.4. The van der Waals surface area contributed by atoms with Crippen molar-refractivity contribution in [2.75, 3.05) is 0 Å². The van der Waals surface area contributed by atoms with Crippen LogP contribution in [0.15, 0.2) is 24.4 Å². The number of nitrogens with one attached hydrogen (secondary N) is 2. The Bertz CT molecular complexity index is 2620. The topological polar surface area (TPSA) is 255 Å². The molecule has 2 aliphatic carbocycles. The zero-order valence-electron chi connectivity index (χ0n) is 25.4. The van der Waals surface area contributed by atoms with Gasteiger partial charge < -0.3 is 20.5 Å². The van der Waals surface area contributed by atoms with Gasteiger partial charge in [0.15, 0.2) is 5.82 Å². The molecule has 4 N–H and O–H groups in total. The van der Waals surface area contributed by atoms with Gasteiger partial charge >= 0.3 is 5.82 Å². The van der Waals surface area contributed by atoms with Crippen LogP contribution < -0.4 is 10.6 Å². The molecule has 0 spiro atoms. The number of benzene rings is 2. The Morgan fingerprint density at radius 3 is 1.74 bits per heavy atom. The summed E-state index contributed by atoms with van der Waals surface area (Å²) in [6, 6.07) is 3.75. The van der Waals surface area contributed by atoms with E-state index >= 15 is 0 Å². The van der Waals surface area contributed by atoms with Crippen molar-refractivity contribution in [2.45, 2.75) is 38.5 Å². The van der Waals surface area contributed by atoms with E-state index in [-0.39, 0.29) is 39.4 Å². The lowest BCUT2D eigenvalue weighted by Crippen LogP contribution is -2.20. The first-order valence-corrected chi connectivity index (χ1v) is 15.4. The molecule has 2 aromatic carbocycles. The van der Waals surface area contributed by atoms with Crippen LogP contribution in [0.5, 0.6) is 0 Å². The molecule has 10 rings (SSSR count). The van der Waals surface area contributed by atoms with Crippen LogP contribution in [0.2, 0.25) is 0 Å². The van der Waals surface area contributed by atoms with E-state index in [9.17, 15) is 49.8 Å². The van der Waals surface area contributed by atoms with E-state index in [0.717, 1.165) is 53.4 Å². The van der Waals surface area contributed by atoms with Crippen LogP contribution in [-0.2, 0) is 25.7 Å². The second-order valence-electron chi connectivity index (χ2n) is 12.4. The average molecular weight is 677 g/mol. The highest BCUT2D eigenvalue weighted by atomic mass is 16.6. The van der Waals surface area contributed by atoms with Crippen molar-refractivity contribution >= 4 is 56.9 Å². The van der Waals surface area contributed by atoms with Gasteiger partial charge in [0.2, 0.25) is 0 Å². The van der Waals surface area contributed by atoms with E-state index in [1.165, 1.54) is 6.07 Å². The van der Waals surface area contributed by atoms with Crippen molar-refractivity contribution in [1.82, 2.24) is 30.1 Å². The van der Waals surface area contributed by atoms with Crippen molar-refractivity contribution in [2.24, 2.45) is 0 Å². The first kappa shape index (κ1) is 29.2. The Morgan fingerprint density at radius 2 is 1.16 bits per heavy atom. The molecule has 18 nitrogen and oxygen atoms in total. The predicted octanol–water partition coefficient (Wildman–Crippen LogP) is 3.32. The molecule has 0 saturated carbocycles. The molecule has 18 heteroatoms. The Balaban J connectivity index is 0.000000135. The predicted molar refractivity (Wildman–Crippen MR) is 168 cm³/mol. The lowest BCUT2D eigenvalue weighted by Gasteiger charge is -2.08. The quantitative estimate of drug-likeness (QED) is 0.0892. The van der Waals surface area contributed by atoms with Crippen LogP contribution in [-0.4, -0.2) is 63.3 Å². The number of carbonyl (C=O) groups excluding carboxylic acids is 4. The summed E-state index contributed by atoms with van der Waals surface area (Å²) in [5.74, 6) is -2.52. The molecule has 0 bridgehead atoms. The van der Waals surface area contributed by atoms with Gasteiger partial charge in [0, 0.05) is 22.9 Å². The van der Waals surface area contributed by atoms with Gasteiger partial charge in [0.05, 0.1) is 50.0 Å². The molecule has 6 heterocycles. The molecule has 4 amide bonds. The number of nitro groups is 2. The third-order valence-electron chi connectivity index (χ3n) is 9.91. The van der Waals surface area contributed by atoms with Crippen molar-refractivity contribution < 1.29 is 39.4 Å². The van der Waals surface area contributed by atoms with Crippen molar-refractivity contribution in [3.63, 3.8) is 0 Å². The normalized spacial score (nSPS) is 15.7. The standard InChI is InChI=1S/2C16H10N4O5/c21-15-9-6-2-1-3-7(6)13-11(12(9)16(22)18-15)10-8(20(24)25)4-5-19(23)14(10)17-13;21-15-11-6-2-1-3-7(6)13-10(12(11)16(22)18-15)8-4-5-9(20(24)25)19(23)14(8)17-13/h2*4-5,23H,1-3H2,(H,18,21,22). The molecule has 0 radical (unpaired) electrons. The highest BCUT2D eigenvalue weighted by Crippen LogP contribution is 2.47. The molecule has 2 aromatic rings. The molecule has 6 aliphatic heterocycles. The maximum Gasteiger partial charge on any atom is 0.363 e. The molecule has 0 fully saturated rings.